The van der Waals surface area contributed by atoms with E-state index in [-0.39, 0.29) is 0 Å². The minimum absolute atomic E-state index is 0.316. The van der Waals surface area contributed by atoms with Gasteiger partial charge in [-0.25, -0.2) is 9.97 Å². The summed E-state index contributed by atoms with van der Waals surface area (Å²) in [7, 11) is 0. The predicted molar refractivity (Wildman–Crippen MR) is 113 cm³/mol. The molecule has 8 heteroatoms. The maximum absolute atomic E-state index is 11.7. The van der Waals surface area contributed by atoms with Crippen molar-refractivity contribution in [2.45, 2.75) is 32.2 Å². The summed E-state index contributed by atoms with van der Waals surface area (Å²) < 4.78 is 1.71. The number of carbonyl (C=O) groups excluding carboxylic acids is 1. The first kappa shape index (κ1) is 18.2. The van der Waals surface area contributed by atoms with Crippen molar-refractivity contribution in [1.82, 2.24) is 24.6 Å². The molecule has 3 heterocycles. The van der Waals surface area contributed by atoms with E-state index >= 15 is 0 Å². The Morgan fingerprint density at radius 3 is 2.70 bits per heavy atom. The molecule has 0 radical (unpaired) electrons. The van der Waals surface area contributed by atoms with Gasteiger partial charge in [0.25, 0.3) is 5.91 Å². The number of aromatic nitrogens is 5. The standard InChI is InChI=1S/C22H21N7O/c23-18(30)16-10-6-12-29-21(16)27-28-22(29)20-25-17-11-5-4-9-15(17)19(26-20)24-13-14-7-2-1-3-8-14/h1-3,6-8,10,12H,4-5,9,11,13H2,(H2,23,30)(H,24,25,26). The molecule has 1 aliphatic carbocycles. The first-order valence-corrected chi connectivity index (χ1v) is 10.0. The highest BCUT2D eigenvalue weighted by atomic mass is 16.1. The van der Waals surface area contributed by atoms with Crippen molar-refractivity contribution in [1.29, 1.82) is 0 Å². The Hall–Kier alpha value is -3.81. The SMILES string of the molecule is NC(=O)c1cccn2c(-c3nc4c(c(NCc5ccccc5)n3)CCCC4)nnc12. The molecule has 0 atom stereocenters. The molecule has 150 valence electrons. The van der Waals surface area contributed by atoms with Crippen molar-refractivity contribution in [3.63, 3.8) is 0 Å². The van der Waals surface area contributed by atoms with Crippen LogP contribution >= 0.6 is 0 Å². The second kappa shape index (κ2) is 7.55. The van der Waals surface area contributed by atoms with Crippen LogP contribution in [0.25, 0.3) is 17.3 Å². The summed E-state index contributed by atoms with van der Waals surface area (Å²) in [6.07, 6.45) is 5.89. The van der Waals surface area contributed by atoms with E-state index in [1.807, 2.05) is 18.2 Å². The number of hydrogen-bond acceptors (Lipinski definition) is 6. The third-order valence-electron chi connectivity index (χ3n) is 5.39. The van der Waals surface area contributed by atoms with Gasteiger partial charge >= 0.3 is 0 Å². The van der Waals surface area contributed by atoms with Gasteiger partial charge in [0.2, 0.25) is 5.82 Å². The highest BCUT2D eigenvalue weighted by Gasteiger charge is 2.22. The molecule has 0 saturated carbocycles. The number of hydrogen-bond donors (Lipinski definition) is 2. The summed E-state index contributed by atoms with van der Waals surface area (Å²) in [5.41, 5.74) is 9.60. The van der Waals surface area contributed by atoms with Crippen LogP contribution in [0, 0.1) is 0 Å². The number of anilines is 1. The van der Waals surface area contributed by atoms with E-state index in [9.17, 15) is 4.79 Å². The first-order valence-electron chi connectivity index (χ1n) is 10.0. The summed E-state index contributed by atoms with van der Waals surface area (Å²) in [5.74, 6) is 1.27. The Bertz CT molecular complexity index is 1230. The second-order valence-corrected chi connectivity index (χ2v) is 7.37. The molecule has 0 aliphatic heterocycles. The van der Waals surface area contributed by atoms with Crippen LogP contribution in [0.2, 0.25) is 0 Å². The van der Waals surface area contributed by atoms with Crippen LogP contribution in [-0.4, -0.2) is 30.5 Å². The third kappa shape index (κ3) is 3.26. The van der Waals surface area contributed by atoms with Gasteiger partial charge in [0, 0.05) is 24.0 Å². The Balaban J connectivity index is 1.58. The Kier molecular flexibility index (Phi) is 4.59. The molecule has 5 rings (SSSR count). The molecule has 1 amide bonds. The lowest BCUT2D eigenvalue weighted by Gasteiger charge is -2.19. The monoisotopic (exact) mass is 399 g/mol. The highest BCUT2D eigenvalue weighted by molar-refractivity contribution is 5.98. The molecule has 0 bridgehead atoms. The van der Waals surface area contributed by atoms with Crippen molar-refractivity contribution < 1.29 is 4.79 Å². The fourth-order valence-corrected chi connectivity index (χ4v) is 3.88. The smallest absolute Gasteiger partial charge is 0.252 e. The lowest BCUT2D eigenvalue weighted by Crippen LogP contribution is -2.14. The number of nitrogens with zero attached hydrogens (tertiary/aromatic N) is 5. The van der Waals surface area contributed by atoms with Crippen LogP contribution < -0.4 is 11.1 Å². The van der Waals surface area contributed by atoms with Crippen molar-refractivity contribution in [2.75, 3.05) is 5.32 Å². The Morgan fingerprint density at radius 2 is 1.87 bits per heavy atom. The topological polar surface area (TPSA) is 111 Å². The first-order chi connectivity index (χ1) is 14.7. The van der Waals surface area contributed by atoms with Crippen LogP contribution in [0.4, 0.5) is 5.82 Å². The Labute approximate surface area is 173 Å². The molecular weight excluding hydrogens is 378 g/mol. The summed E-state index contributed by atoms with van der Waals surface area (Å²) in [4.78, 5) is 21.3. The molecule has 3 N–H and O–H groups in total. The van der Waals surface area contributed by atoms with E-state index in [0.29, 0.717) is 29.4 Å². The minimum atomic E-state index is -0.545. The van der Waals surface area contributed by atoms with Gasteiger partial charge in [-0.1, -0.05) is 30.3 Å². The van der Waals surface area contributed by atoms with Gasteiger partial charge in [-0.05, 0) is 43.4 Å². The van der Waals surface area contributed by atoms with Crippen molar-refractivity contribution in [3.05, 3.63) is 71.0 Å². The lowest BCUT2D eigenvalue weighted by atomic mass is 9.96. The average Bonchev–Trinajstić information content (AvgIpc) is 3.22. The maximum Gasteiger partial charge on any atom is 0.252 e. The lowest BCUT2D eigenvalue weighted by molar-refractivity contribution is 0.100. The summed E-state index contributed by atoms with van der Waals surface area (Å²) in [5, 5.41) is 11.9. The van der Waals surface area contributed by atoms with Gasteiger partial charge in [0.05, 0.1) is 5.56 Å². The predicted octanol–water partition coefficient (Wildman–Crippen LogP) is 2.78. The number of amides is 1. The van der Waals surface area contributed by atoms with Crippen LogP contribution in [-0.2, 0) is 19.4 Å². The summed E-state index contributed by atoms with van der Waals surface area (Å²) in [6, 6.07) is 13.6. The number of nitrogens with one attached hydrogen (secondary N) is 1. The molecule has 1 aliphatic rings. The highest BCUT2D eigenvalue weighted by Crippen LogP contribution is 2.28. The molecule has 3 aromatic heterocycles. The number of benzene rings is 1. The molecule has 30 heavy (non-hydrogen) atoms. The number of pyridine rings is 1. The van der Waals surface area contributed by atoms with E-state index in [1.54, 1.807) is 22.7 Å². The van der Waals surface area contributed by atoms with E-state index in [1.165, 1.54) is 11.1 Å². The Morgan fingerprint density at radius 1 is 1.03 bits per heavy atom. The molecule has 0 spiro atoms. The molecule has 1 aromatic carbocycles. The largest absolute Gasteiger partial charge is 0.366 e. The molecule has 0 saturated heterocycles. The number of fused-ring (bicyclic) bond motifs is 2. The molecule has 0 unspecified atom stereocenters. The van der Waals surface area contributed by atoms with Gasteiger partial charge in [-0.15, -0.1) is 10.2 Å². The maximum atomic E-state index is 11.7. The van der Waals surface area contributed by atoms with E-state index in [4.69, 9.17) is 15.7 Å². The van der Waals surface area contributed by atoms with Crippen molar-refractivity contribution in [2.24, 2.45) is 5.73 Å². The van der Waals surface area contributed by atoms with Crippen LogP contribution in [0.5, 0.6) is 0 Å². The number of carbonyl (C=O) groups is 1. The fraction of sp³-hybridized carbons (Fsp3) is 0.227. The molecule has 0 fully saturated rings. The van der Waals surface area contributed by atoms with Crippen molar-refractivity contribution >= 4 is 17.4 Å². The zero-order valence-corrected chi connectivity index (χ0v) is 16.4. The molecular formula is C22H21N7O. The molecule has 8 nitrogen and oxygen atoms in total. The van der Waals surface area contributed by atoms with Gasteiger partial charge < -0.3 is 11.1 Å². The zero-order valence-electron chi connectivity index (χ0n) is 16.4. The van der Waals surface area contributed by atoms with Gasteiger partial charge in [0.1, 0.15) is 5.82 Å². The summed E-state index contributed by atoms with van der Waals surface area (Å²) in [6.45, 7) is 0.677. The van der Waals surface area contributed by atoms with Crippen LogP contribution in [0.15, 0.2) is 48.7 Å². The number of nitrogens with two attached hydrogens (primary N) is 1. The fourth-order valence-electron chi connectivity index (χ4n) is 3.88. The number of rotatable bonds is 5. The second-order valence-electron chi connectivity index (χ2n) is 7.37. The van der Waals surface area contributed by atoms with Crippen LogP contribution in [0.1, 0.15) is 40.0 Å². The summed E-state index contributed by atoms with van der Waals surface area (Å²) >= 11 is 0. The van der Waals surface area contributed by atoms with Gasteiger partial charge in [-0.3, -0.25) is 9.20 Å². The van der Waals surface area contributed by atoms with E-state index in [2.05, 4.69) is 27.6 Å². The van der Waals surface area contributed by atoms with Gasteiger partial charge in [-0.2, -0.15) is 0 Å². The zero-order chi connectivity index (χ0) is 20.5. The quantitative estimate of drug-likeness (QED) is 0.534. The third-order valence-corrected chi connectivity index (χ3v) is 5.39. The van der Waals surface area contributed by atoms with E-state index < -0.39 is 5.91 Å². The average molecular weight is 399 g/mol. The number of primary amides is 1. The van der Waals surface area contributed by atoms with Crippen LogP contribution in [0.3, 0.4) is 0 Å². The molecule has 4 aromatic rings. The van der Waals surface area contributed by atoms with Crippen molar-refractivity contribution in [3.8, 4) is 11.6 Å². The minimum Gasteiger partial charge on any atom is -0.366 e. The van der Waals surface area contributed by atoms with Gasteiger partial charge in [0.15, 0.2) is 11.5 Å². The van der Waals surface area contributed by atoms with E-state index in [0.717, 1.165) is 37.2 Å². The normalized spacial score (nSPS) is 13.2. The number of aryl methyl sites for hydroxylation is 1.